The average Bonchev–Trinajstić information content (AvgIpc) is 2.25. The third-order valence-electron chi connectivity index (χ3n) is 2.89. The standard InChI is InChI=1S/C9H19NO5S2/c1-8(7-11)6-10-17(14,15)9-2-4-16(12,13)5-3-9/h8-11H,2-7H2,1H3. The Kier molecular flexibility index (Phi) is 4.94. The van der Waals surface area contributed by atoms with Gasteiger partial charge in [0.15, 0.2) is 0 Å². The van der Waals surface area contributed by atoms with E-state index >= 15 is 0 Å². The molecule has 0 aromatic rings. The molecule has 0 spiro atoms. The molecule has 1 unspecified atom stereocenters. The molecule has 0 aliphatic carbocycles. The number of rotatable bonds is 5. The van der Waals surface area contributed by atoms with Crippen molar-refractivity contribution in [2.75, 3.05) is 24.7 Å². The van der Waals surface area contributed by atoms with Gasteiger partial charge in [0.05, 0.1) is 16.8 Å². The first-order valence-corrected chi connectivity index (χ1v) is 8.93. The van der Waals surface area contributed by atoms with Crippen LogP contribution >= 0.6 is 0 Å². The Morgan fingerprint density at radius 2 is 1.88 bits per heavy atom. The van der Waals surface area contributed by atoms with Crippen molar-refractivity contribution in [1.82, 2.24) is 4.72 Å². The summed E-state index contributed by atoms with van der Waals surface area (Å²) in [5, 5.41) is 8.17. The Morgan fingerprint density at radius 1 is 1.35 bits per heavy atom. The fourth-order valence-electron chi connectivity index (χ4n) is 1.62. The molecule has 0 saturated carbocycles. The van der Waals surface area contributed by atoms with E-state index in [0.717, 1.165) is 0 Å². The number of hydrogen-bond donors (Lipinski definition) is 2. The van der Waals surface area contributed by atoms with Crippen LogP contribution in [0.1, 0.15) is 19.8 Å². The minimum Gasteiger partial charge on any atom is -0.396 e. The number of aliphatic hydroxyl groups is 1. The SMILES string of the molecule is CC(CO)CNS(=O)(=O)C1CCS(=O)(=O)CC1. The van der Waals surface area contributed by atoms with E-state index in [9.17, 15) is 16.8 Å². The van der Waals surface area contributed by atoms with E-state index in [4.69, 9.17) is 5.11 Å². The molecule has 0 bridgehead atoms. The second kappa shape index (κ2) is 5.64. The maximum Gasteiger partial charge on any atom is 0.214 e. The van der Waals surface area contributed by atoms with E-state index in [1.165, 1.54) is 0 Å². The molecule has 102 valence electrons. The quantitative estimate of drug-likeness (QED) is 0.682. The van der Waals surface area contributed by atoms with Crippen LogP contribution in [0.15, 0.2) is 0 Å². The molecule has 1 fully saturated rings. The van der Waals surface area contributed by atoms with Crippen LogP contribution in [-0.4, -0.2) is 51.8 Å². The molecule has 0 aromatic heterocycles. The molecule has 1 saturated heterocycles. The highest BCUT2D eigenvalue weighted by Gasteiger charge is 2.32. The second-order valence-electron chi connectivity index (χ2n) is 4.53. The maximum absolute atomic E-state index is 11.8. The van der Waals surface area contributed by atoms with Crippen LogP contribution < -0.4 is 4.72 Å². The van der Waals surface area contributed by atoms with E-state index in [0.29, 0.717) is 0 Å². The molecular formula is C9H19NO5S2. The first-order chi connectivity index (χ1) is 7.77. The molecule has 6 nitrogen and oxygen atoms in total. The molecule has 0 radical (unpaired) electrons. The van der Waals surface area contributed by atoms with Crippen molar-refractivity contribution in [3.05, 3.63) is 0 Å². The predicted molar refractivity (Wildman–Crippen MR) is 64.8 cm³/mol. The van der Waals surface area contributed by atoms with E-state index in [-0.39, 0.29) is 43.4 Å². The molecule has 1 aliphatic rings. The van der Waals surface area contributed by atoms with E-state index in [1.807, 2.05) is 0 Å². The Bertz CT molecular complexity index is 428. The number of hydrogen-bond acceptors (Lipinski definition) is 5. The van der Waals surface area contributed by atoms with Crippen LogP contribution in [0.5, 0.6) is 0 Å². The lowest BCUT2D eigenvalue weighted by molar-refractivity contribution is 0.238. The number of nitrogens with one attached hydrogen (secondary N) is 1. The molecule has 1 rings (SSSR count). The average molecular weight is 285 g/mol. The van der Waals surface area contributed by atoms with Gasteiger partial charge in [-0.3, -0.25) is 0 Å². The molecule has 1 atom stereocenters. The summed E-state index contributed by atoms with van der Waals surface area (Å²) < 4.78 is 48.5. The second-order valence-corrected chi connectivity index (χ2v) is 8.88. The smallest absolute Gasteiger partial charge is 0.214 e. The largest absolute Gasteiger partial charge is 0.396 e. The van der Waals surface area contributed by atoms with Gasteiger partial charge in [0, 0.05) is 13.2 Å². The molecule has 0 amide bonds. The third kappa shape index (κ3) is 4.53. The number of aliphatic hydroxyl groups excluding tert-OH is 1. The van der Waals surface area contributed by atoms with Gasteiger partial charge in [-0.15, -0.1) is 0 Å². The summed E-state index contributed by atoms with van der Waals surface area (Å²) in [6, 6.07) is 0. The van der Waals surface area contributed by atoms with Crippen LogP contribution in [-0.2, 0) is 19.9 Å². The first kappa shape index (κ1) is 14.9. The van der Waals surface area contributed by atoms with E-state index in [1.54, 1.807) is 6.92 Å². The molecule has 0 aromatic carbocycles. The Labute approximate surface area is 102 Å². The highest BCUT2D eigenvalue weighted by Crippen LogP contribution is 2.18. The zero-order chi connectivity index (χ0) is 13.1. The van der Waals surface area contributed by atoms with Gasteiger partial charge < -0.3 is 5.11 Å². The minimum atomic E-state index is -3.46. The van der Waals surface area contributed by atoms with E-state index < -0.39 is 25.1 Å². The molecule has 2 N–H and O–H groups in total. The van der Waals surface area contributed by atoms with Crippen molar-refractivity contribution >= 4 is 19.9 Å². The van der Waals surface area contributed by atoms with Gasteiger partial charge in [-0.2, -0.15) is 0 Å². The summed E-state index contributed by atoms with van der Waals surface area (Å²) in [6.45, 7) is 1.83. The van der Waals surface area contributed by atoms with Crippen molar-refractivity contribution in [3.8, 4) is 0 Å². The van der Waals surface area contributed by atoms with Crippen LogP contribution in [0.25, 0.3) is 0 Å². The number of sulfone groups is 1. The third-order valence-corrected chi connectivity index (χ3v) is 6.52. The fourth-order valence-corrected chi connectivity index (χ4v) is 5.02. The Hall–Kier alpha value is -0.180. The van der Waals surface area contributed by atoms with Crippen LogP contribution in [0, 0.1) is 5.92 Å². The van der Waals surface area contributed by atoms with Crippen molar-refractivity contribution in [3.63, 3.8) is 0 Å². The van der Waals surface area contributed by atoms with Crippen molar-refractivity contribution in [2.24, 2.45) is 5.92 Å². The zero-order valence-electron chi connectivity index (χ0n) is 9.79. The Balaban J connectivity index is 2.55. The zero-order valence-corrected chi connectivity index (χ0v) is 11.4. The van der Waals surface area contributed by atoms with Crippen LogP contribution in [0.2, 0.25) is 0 Å². The van der Waals surface area contributed by atoms with Gasteiger partial charge in [-0.25, -0.2) is 21.6 Å². The molecule has 8 heteroatoms. The molecular weight excluding hydrogens is 266 g/mol. The summed E-state index contributed by atoms with van der Waals surface area (Å²) in [6.07, 6.45) is 0.316. The summed E-state index contributed by atoms with van der Waals surface area (Å²) >= 11 is 0. The van der Waals surface area contributed by atoms with Gasteiger partial charge in [0.1, 0.15) is 9.84 Å². The monoisotopic (exact) mass is 285 g/mol. The summed E-state index contributed by atoms with van der Waals surface area (Å²) in [5.74, 6) is -0.264. The summed E-state index contributed by atoms with van der Waals surface area (Å²) in [4.78, 5) is 0. The van der Waals surface area contributed by atoms with Gasteiger partial charge in [0.25, 0.3) is 0 Å². The first-order valence-electron chi connectivity index (χ1n) is 5.56. The minimum absolute atomic E-state index is 0.0614. The Morgan fingerprint density at radius 3 is 2.35 bits per heavy atom. The van der Waals surface area contributed by atoms with Crippen molar-refractivity contribution in [1.29, 1.82) is 0 Å². The van der Waals surface area contributed by atoms with Crippen molar-refractivity contribution < 1.29 is 21.9 Å². The van der Waals surface area contributed by atoms with E-state index in [2.05, 4.69) is 4.72 Å². The van der Waals surface area contributed by atoms with Crippen LogP contribution in [0.3, 0.4) is 0 Å². The molecule has 1 heterocycles. The predicted octanol–water partition coefficient (Wildman–Crippen LogP) is -0.889. The topological polar surface area (TPSA) is 101 Å². The maximum atomic E-state index is 11.8. The van der Waals surface area contributed by atoms with Gasteiger partial charge >= 0.3 is 0 Å². The normalized spacial score (nSPS) is 23.4. The lowest BCUT2D eigenvalue weighted by Crippen LogP contribution is -2.41. The molecule has 17 heavy (non-hydrogen) atoms. The highest BCUT2D eigenvalue weighted by atomic mass is 32.2. The lowest BCUT2D eigenvalue weighted by atomic mass is 10.2. The van der Waals surface area contributed by atoms with Gasteiger partial charge in [-0.1, -0.05) is 6.92 Å². The van der Waals surface area contributed by atoms with Gasteiger partial charge in [-0.05, 0) is 18.8 Å². The fraction of sp³-hybridized carbons (Fsp3) is 1.00. The van der Waals surface area contributed by atoms with Crippen LogP contribution in [0.4, 0.5) is 0 Å². The van der Waals surface area contributed by atoms with Gasteiger partial charge in [0.2, 0.25) is 10.0 Å². The summed E-state index contributed by atoms with van der Waals surface area (Å²) in [5.41, 5.74) is 0. The molecule has 1 aliphatic heterocycles. The number of sulfonamides is 1. The highest BCUT2D eigenvalue weighted by molar-refractivity contribution is 7.92. The van der Waals surface area contributed by atoms with Crippen molar-refractivity contribution in [2.45, 2.75) is 25.0 Å². The summed E-state index contributed by atoms with van der Waals surface area (Å²) in [7, 11) is -6.51. The lowest BCUT2D eigenvalue weighted by Gasteiger charge is -2.22.